The van der Waals surface area contributed by atoms with Crippen LogP contribution in [0.4, 0.5) is 5.69 Å². The second-order valence-electron chi connectivity index (χ2n) is 4.10. The Morgan fingerprint density at radius 3 is 2.65 bits per heavy atom. The van der Waals surface area contributed by atoms with Gasteiger partial charge in [-0.25, -0.2) is 0 Å². The molecule has 0 atom stereocenters. The first-order valence-corrected chi connectivity index (χ1v) is 6.36. The number of benzene rings is 2. The average Bonchev–Trinajstić information content (AvgIpc) is 2.47. The van der Waals surface area contributed by atoms with Gasteiger partial charge in [0, 0.05) is 22.3 Å². The van der Waals surface area contributed by atoms with Gasteiger partial charge in [0.25, 0.3) is 0 Å². The number of carbonyl (C=O) groups excluding carboxylic acids is 1. The van der Waals surface area contributed by atoms with Crippen molar-refractivity contribution >= 4 is 29.3 Å². The van der Waals surface area contributed by atoms with Crippen molar-refractivity contribution < 1.29 is 4.79 Å². The van der Waals surface area contributed by atoms with Crippen LogP contribution in [0, 0.1) is 12.3 Å². The maximum absolute atomic E-state index is 11.8. The van der Waals surface area contributed by atoms with Gasteiger partial charge >= 0.3 is 0 Å². The number of hydrogen-bond acceptors (Lipinski definition) is 1. The van der Waals surface area contributed by atoms with E-state index in [4.69, 9.17) is 18.0 Å². The number of terminal acetylenes is 1. The monoisotopic (exact) mass is 281 g/mol. The number of amides is 1. The van der Waals surface area contributed by atoms with Gasteiger partial charge in [-0.15, -0.1) is 6.42 Å². The lowest BCUT2D eigenvalue weighted by atomic mass is 10.2. The molecule has 0 aliphatic rings. The molecular weight excluding hydrogens is 270 g/mol. The Kier molecular flexibility index (Phi) is 4.60. The normalized spacial score (nSPS) is 10.2. The van der Waals surface area contributed by atoms with Crippen LogP contribution in [0.1, 0.15) is 11.1 Å². The fourth-order valence-corrected chi connectivity index (χ4v) is 1.74. The van der Waals surface area contributed by atoms with Crippen molar-refractivity contribution in [2.24, 2.45) is 0 Å². The molecular formula is C17H12ClNO. The molecule has 0 bridgehead atoms. The highest BCUT2D eigenvalue weighted by molar-refractivity contribution is 6.30. The summed E-state index contributed by atoms with van der Waals surface area (Å²) in [7, 11) is 0. The van der Waals surface area contributed by atoms with Crippen LogP contribution in [-0.4, -0.2) is 5.91 Å². The van der Waals surface area contributed by atoms with Gasteiger partial charge in [0.1, 0.15) is 0 Å². The molecule has 0 aliphatic carbocycles. The summed E-state index contributed by atoms with van der Waals surface area (Å²) < 4.78 is 0. The van der Waals surface area contributed by atoms with Crippen molar-refractivity contribution in [3.63, 3.8) is 0 Å². The first-order chi connectivity index (χ1) is 9.67. The Labute approximate surface area is 123 Å². The van der Waals surface area contributed by atoms with Crippen LogP contribution in [0.15, 0.2) is 54.6 Å². The van der Waals surface area contributed by atoms with E-state index in [2.05, 4.69) is 11.2 Å². The Morgan fingerprint density at radius 1 is 1.20 bits per heavy atom. The average molecular weight is 282 g/mol. The van der Waals surface area contributed by atoms with E-state index < -0.39 is 0 Å². The molecule has 0 saturated carbocycles. The Bertz CT molecular complexity index is 681. The molecule has 2 aromatic rings. The second kappa shape index (κ2) is 6.60. The molecule has 0 radical (unpaired) electrons. The molecule has 0 aliphatic heterocycles. The van der Waals surface area contributed by atoms with Gasteiger partial charge in [-0.3, -0.25) is 4.79 Å². The number of halogens is 1. The highest BCUT2D eigenvalue weighted by Gasteiger charge is 1.98. The first kappa shape index (κ1) is 13.9. The van der Waals surface area contributed by atoms with Gasteiger partial charge in [0.05, 0.1) is 0 Å². The molecule has 3 heteroatoms. The quantitative estimate of drug-likeness (QED) is 0.669. The van der Waals surface area contributed by atoms with Crippen LogP contribution in [0.5, 0.6) is 0 Å². The first-order valence-electron chi connectivity index (χ1n) is 5.99. The summed E-state index contributed by atoms with van der Waals surface area (Å²) in [4.78, 5) is 11.8. The van der Waals surface area contributed by atoms with Crippen LogP contribution in [0.2, 0.25) is 5.02 Å². The Morgan fingerprint density at radius 2 is 1.95 bits per heavy atom. The molecule has 1 N–H and O–H groups in total. The summed E-state index contributed by atoms with van der Waals surface area (Å²) in [5, 5.41) is 3.42. The van der Waals surface area contributed by atoms with Gasteiger partial charge in [0.2, 0.25) is 5.91 Å². The zero-order chi connectivity index (χ0) is 14.4. The Hall–Kier alpha value is -2.50. The smallest absolute Gasteiger partial charge is 0.248 e. The van der Waals surface area contributed by atoms with E-state index in [0.717, 1.165) is 11.1 Å². The van der Waals surface area contributed by atoms with Crippen LogP contribution < -0.4 is 5.32 Å². The van der Waals surface area contributed by atoms with E-state index in [1.807, 2.05) is 12.1 Å². The van der Waals surface area contributed by atoms with Crippen LogP contribution in [0.25, 0.3) is 6.08 Å². The molecule has 2 rings (SSSR count). The Balaban J connectivity index is 2.02. The van der Waals surface area contributed by atoms with Crippen molar-refractivity contribution in [2.75, 3.05) is 5.32 Å². The predicted molar refractivity (Wildman–Crippen MR) is 83.5 cm³/mol. The van der Waals surface area contributed by atoms with Gasteiger partial charge in [0.15, 0.2) is 0 Å². The van der Waals surface area contributed by atoms with Gasteiger partial charge in [-0.05, 0) is 42.0 Å². The van der Waals surface area contributed by atoms with Crippen LogP contribution in [0.3, 0.4) is 0 Å². The van der Waals surface area contributed by atoms with Crippen LogP contribution in [-0.2, 0) is 4.79 Å². The summed E-state index contributed by atoms with van der Waals surface area (Å²) in [6, 6.07) is 14.4. The van der Waals surface area contributed by atoms with E-state index in [0.29, 0.717) is 10.7 Å². The number of nitrogens with one attached hydrogen (secondary N) is 1. The van der Waals surface area contributed by atoms with Gasteiger partial charge < -0.3 is 5.32 Å². The third-order valence-electron chi connectivity index (χ3n) is 2.59. The fourth-order valence-electron chi connectivity index (χ4n) is 1.62. The molecule has 98 valence electrons. The highest BCUT2D eigenvalue weighted by atomic mass is 35.5. The topological polar surface area (TPSA) is 29.1 Å². The number of rotatable bonds is 3. The summed E-state index contributed by atoms with van der Waals surface area (Å²) in [6.45, 7) is 0. The maximum atomic E-state index is 11.8. The van der Waals surface area contributed by atoms with E-state index in [1.165, 1.54) is 6.08 Å². The lowest BCUT2D eigenvalue weighted by Gasteiger charge is -2.02. The minimum atomic E-state index is -0.214. The molecule has 0 fully saturated rings. The summed E-state index contributed by atoms with van der Waals surface area (Å²) in [5.74, 6) is 2.31. The molecule has 0 heterocycles. The molecule has 0 spiro atoms. The minimum Gasteiger partial charge on any atom is -0.322 e. The van der Waals surface area contributed by atoms with Crippen molar-refractivity contribution in [3.8, 4) is 12.3 Å². The molecule has 2 aromatic carbocycles. The minimum absolute atomic E-state index is 0.214. The number of anilines is 1. The molecule has 0 unspecified atom stereocenters. The van der Waals surface area contributed by atoms with Crippen molar-refractivity contribution in [1.82, 2.24) is 0 Å². The SMILES string of the molecule is C#Cc1cccc(NC(=O)/C=C\c2ccc(Cl)cc2)c1. The predicted octanol–water partition coefficient (Wildman–Crippen LogP) is 3.97. The highest BCUT2D eigenvalue weighted by Crippen LogP contribution is 2.12. The second-order valence-corrected chi connectivity index (χ2v) is 4.54. The van der Waals surface area contributed by atoms with Crippen molar-refractivity contribution in [1.29, 1.82) is 0 Å². The standard InChI is InChI=1S/C17H12ClNO/c1-2-13-4-3-5-16(12-13)19-17(20)11-8-14-6-9-15(18)10-7-14/h1,3-12H,(H,19,20)/b11-8-. The zero-order valence-corrected chi connectivity index (χ0v) is 11.4. The molecule has 0 aromatic heterocycles. The third kappa shape index (κ3) is 4.01. The lowest BCUT2D eigenvalue weighted by Crippen LogP contribution is -2.07. The van der Waals surface area contributed by atoms with Gasteiger partial charge in [-0.2, -0.15) is 0 Å². The van der Waals surface area contributed by atoms with Gasteiger partial charge in [-0.1, -0.05) is 35.7 Å². The molecule has 20 heavy (non-hydrogen) atoms. The lowest BCUT2D eigenvalue weighted by molar-refractivity contribution is -0.111. The number of carbonyl (C=O) groups is 1. The van der Waals surface area contributed by atoms with Crippen LogP contribution >= 0.6 is 11.6 Å². The van der Waals surface area contributed by atoms with E-state index in [9.17, 15) is 4.79 Å². The summed E-state index contributed by atoms with van der Waals surface area (Å²) in [5.41, 5.74) is 2.30. The van der Waals surface area contributed by atoms with E-state index in [1.54, 1.807) is 42.5 Å². The van der Waals surface area contributed by atoms with E-state index in [-0.39, 0.29) is 5.91 Å². The maximum Gasteiger partial charge on any atom is 0.248 e. The molecule has 1 amide bonds. The number of hydrogen-bond donors (Lipinski definition) is 1. The largest absolute Gasteiger partial charge is 0.322 e. The fraction of sp³-hybridized carbons (Fsp3) is 0. The third-order valence-corrected chi connectivity index (χ3v) is 2.85. The van der Waals surface area contributed by atoms with Crippen molar-refractivity contribution in [2.45, 2.75) is 0 Å². The summed E-state index contributed by atoms with van der Waals surface area (Å²) in [6.07, 6.45) is 8.49. The van der Waals surface area contributed by atoms with Crippen molar-refractivity contribution in [3.05, 3.63) is 70.8 Å². The van der Waals surface area contributed by atoms with E-state index >= 15 is 0 Å². The molecule has 0 saturated heterocycles. The summed E-state index contributed by atoms with van der Waals surface area (Å²) >= 11 is 5.79. The zero-order valence-electron chi connectivity index (χ0n) is 10.6. The molecule has 2 nitrogen and oxygen atoms in total.